The fourth-order valence-corrected chi connectivity index (χ4v) is 3.89. The highest BCUT2D eigenvalue weighted by Gasteiger charge is 2.37. The Hall–Kier alpha value is -3.44. The number of carbonyl (C=O) groups excluding carboxylic acids is 3. The third-order valence-electron chi connectivity index (χ3n) is 5.03. The average Bonchev–Trinajstić information content (AvgIpc) is 3.03. The van der Waals surface area contributed by atoms with Gasteiger partial charge in [-0.3, -0.25) is 19.9 Å². The van der Waals surface area contributed by atoms with Gasteiger partial charge in [-0.05, 0) is 51.7 Å². The van der Waals surface area contributed by atoms with Gasteiger partial charge >= 0.3 is 6.03 Å². The van der Waals surface area contributed by atoms with Gasteiger partial charge in [0.05, 0.1) is 16.1 Å². The number of rotatable bonds is 7. The number of urea groups is 1. The van der Waals surface area contributed by atoms with Crippen molar-refractivity contribution in [1.82, 2.24) is 20.1 Å². The monoisotopic (exact) mass is 483 g/mol. The zero-order valence-electron chi connectivity index (χ0n) is 19.7. The maximum absolute atomic E-state index is 12.9. The van der Waals surface area contributed by atoms with Crippen LogP contribution >= 0.6 is 11.8 Å². The summed E-state index contributed by atoms with van der Waals surface area (Å²) in [6.45, 7) is 4.90. The maximum Gasteiger partial charge on any atom is 0.323 e. The van der Waals surface area contributed by atoms with E-state index in [4.69, 9.17) is 5.73 Å². The van der Waals surface area contributed by atoms with Crippen LogP contribution in [-0.2, 0) is 11.3 Å². The summed E-state index contributed by atoms with van der Waals surface area (Å²) in [5.74, 6) is -0.654. The molecule has 0 aliphatic carbocycles. The largest absolute Gasteiger partial charge is 0.397 e. The Balaban J connectivity index is 1.67. The highest BCUT2D eigenvalue weighted by Crippen LogP contribution is 2.32. The minimum Gasteiger partial charge on any atom is -0.397 e. The van der Waals surface area contributed by atoms with Crippen LogP contribution in [0.15, 0.2) is 47.6 Å². The van der Waals surface area contributed by atoms with Gasteiger partial charge in [0.25, 0.3) is 11.8 Å². The summed E-state index contributed by atoms with van der Waals surface area (Å²) in [7, 11) is 3.84. The fourth-order valence-electron chi connectivity index (χ4n) is 3.00. The van der Waals surface area contributed by atoms with Crippen LogP contribution in [0.5, 0.6) is 0 Å². The molecule has 1 aliphatic heterocycles. The summed E-state index contributed by atoms with van der Waals surface area (Å²) in [6, 6.07) is 9.97. The topological polar surface area (TPSA) is 133 Å². The number of nitrogen functional groups attached to an aromatic ring is 1. The molecule has 34 heavy (non-hydrogen) atoms. The molecule has 11 heteroatoms. The van der Waals surface area contributed by atoms with Gasteiger partial charge in [0.1, 0.15) is 5.69 Å². The number of carbonyl (C=O) groups is 3. The number of aliphatic imine (C=N–C) groups is 1. The molecule has 4 amide bonds. The second-order valence-corrected chi connectivity index (χ2v) is 10.2. The van der Waals surface area contributed by atoms with Crippen LogP contribution < -0.4 is 16.4 Å². The first kappa shape index (κ1) is 25.2. The minimum atomic E-state index is -0.693. The molecular formula is C23H29N7O3S. The van der Waals surface area contributed by atoms with Gasteiger partial charge < -0.3 is 20.9 Å². The summed E-state index contributed by atoms with van der Waals surface area (Å²) in [4.78, 5) is 49.2. The van der Waals surface area contributed by atoms with Gasteiger partial charge in [-0.2, -0.15) is 4.99 Å². The van der Waals surface area contributed by atoms with Crippen molar-refractivity contribution in [3.63, 3.8) is 0 Å². The zero-order valence-corrected chi connectivity index (χ0v) is 20.5. The van der Waals surface area contributed by atoms with Gasteiger partial charge in [-0.25, -0.2) is 4.79 Å². The number of hydrogen-bond acceptors (Lipinski definition) is 7. The first-order valence-corrected chi connectivity index (χ1v) is 11.5. The van der Waals surface area contributed by atoms with Gasteiger partial charge in [0, 0.05) is 25.8 Å². The molecule has 0 atom stereocenters. The number of likely N-dealkylation sites (N-methyl/N-ethyl adjacent to an activating group) is 1. The van der Waals surface area contributed by atoms with Crippen molar-refractivity contribution >= 4 is 46.1 Å². The highest BCUT2D eigenvalue weighted by atomic mass is 32.2. The van der Waals surface area contributed by atoms with E-state index in [2.05, 4.69) is 20.6 Å². The number of nitrogens with one attached hydrogen (secondary N) is 2. The van der Waals surface area contributed by atoms with Crippen molar-refractivity contribution in [3.05, 3.63) is 53.9 Å². The zero-order chi connectivity index (χ0) is 24.9. The van der Waals surface area contributed by atoms with Crippen LogP contribution in [0.3, 0.4) is 0 Å². The van der Waals surface area contributed by atoms with Gasteiger partial charge in [0.2, 0.25) is 0 Å². The molecule has 0 fully saturated rings. The van der Waals surface area contributed by atoms with Crippen molar-refractivity contribution in [2.75, 3.05) is 38.2 Å². The van der Waals surface area contributed by atoms with Gasteiger partial charge in [0.15, 0.2) is 5.17 Å². The van der Waals surface area contributed by atoms with E-state index >= 15 is 0 Å². The molecule has 2 aromatic rings. The van der Waals surface area contributed by atoms with Crippen molar-refractivity contribution in [2.24, 2.45) is 4.99 Å². The summed E-state index contributed by atoms with van der Waals surface area (Å²) in [5, 5.41) is 5.77. The third kappa shape index (κ3) is 6.55. The second kappa shape index (κ2) is 10.7. The lowest BCUT2D eigenvalue weighted by atomic mass is 10.2. The number of thioether (sulfide) groups is 1. The first-order chi connectivity index (χ1) is 16.0. The molecule has 10 nitrogen and oxygen atoms in total. The second-order valence-electron chi connectivity index (χ2n) is 8.58. The number of benzene rings is 1. The summed E-state index contributed by atoms with van der Waals surface area (Å²) >= 11 is 1.22. The normalized spacial score (nSPS) is 14.6. The molecule has 4 N–H and O–H groups in total. The Labute approximate surface area is 203 Å². The Kier molecular flexibility index (Phi) is 7.90. The minimum absolute atomic E-state index is 0.230. The Bertz CT molecular complexity index is 1100. The number of hydrogen-bond donors (Lipinski definition) is 3. The van der Waals surface area contributed by atoms with Gasteiger partial charge in [-0.15, -0.1) is 0 Å². The number of para-hydroxylation sites is 2. The van der Waals surface area contributed by atoms with Crippen molar-refractivity contribution < 1.29 is 14.4 Å². The van der Waals surface area contributed by atoms with E-state index in [1.807, 2.05) is 19.0 Å². The predicted octanol–water partition coefficient (Wildman–Crippen LogP) is 2.40. The van der Waals surface area contributed by atoms with Gasteiger partial charge in [-0.1, -0.05) is 30.0 Å². The third-order valence-corrected chi connectivity index (χ3v) is 6.10. The Morgan fingerprint density at radius 1 is 1.09 bits per heavy atom. The highest BCUT2D eigenvalue weighted by molar-refractivity contribution is 8.16. The summed E-state index contributed by atoms with van der Waals surface area (Å²) in [5.41, 5.74) is 7.83. The lowest BCUT2D eigenvalue weighted by molar-refractivity contribution is -0.119. The molecule has 0 unspecified atom stereocenters. The first-order valence-electron chi connectivity index (χ1n) is 10.7. The molecule has 0 spiro atoms. The molecule has 2 heterocycles. The van der Waals surface area contributed by atoms with Crippen LogP contribution in [0.25, 0.3) is 0 Å². The van der Waals surface area contributed by atoms with E-state index in [1.165, 1.54) is 11.8 Å². The number of nitrogens with two attached hydrogens (primary N) is 1. The van der Waals surface area contributed by atoms with E-state index in [9.17, 15) is 14.4 Å². The van der Waals surface area contributed by atoms with E-state index in [-0.39, 0.29) is 30.1 Å². The number of amidine groups is 1. The molecule has 0 saturated heterocycles. The molecule has 1 aliphatic rings. The molecule has 0 saturated carbocycles. The van der Waals surface area contributed by atoms with Crippen molar-refractivity contribution in [3.8, 4) is 0 Å². The van der Waals surface area contributed by atoms with Crippen LogP contribution in [0, 0.1) is 0 Å². The molecule has 1 aromatic heterocycles. The maximum atomic E-state index is 12.9. The number of aromatic nitrogens is 1. The Morgan fingerprint density at radius 2 is 1.82 bits per heavy atom. The molecule has 3 rings (SSSR count). The predicted molar refractivity (Wildman–Crippen MR) is 135 cm³/mol. The van der Waals surface area contributed by atoms with E-state index in [0.717, 1.165) is 5.56 Å². The average molecular weight is 484 g/mol. The summed E-state index contributed by atoms with van der Waals surface area (Å²) in [6.07, 6.45) is 1.56. The number of nitrogens with zero attached hydrogens (tertiary/aromatic N) is 4. The van der Waals surface area contributed by atoms with Crippen LogP contribution in [0.2, 0.25) is 0 Å². The van der Waals surface area contributed by atoms with Crippen LogP contribution in [0.1, 0.15) is 29.9 Å². The number of pyridine rings is 1. The molecular weight excluding hydrogens is 454 g/mol. The lowest BCUT2D eigenvalue weighted by Gasteiger charge is -2.25. The number of amides is 4. The number of anilines is 2. The molecule has 0 bridgehead atoms. The van der Waals surface area contributed by atoms with Crippen LogP contribution in [0.4, 0.5) is 16.2 Å². The van der Waals surface area contributed by atoms with Crippen molar-refractivity contribution in [2.45, 2.75) is 25.1 Å². The van der Waals surface area contributed by atoms with Crippen molar-refractivity contribution in [1.29, 1.82) is 0 Å². The quantitative estimate of drug-likeness (QED) is 0.515. The Morgan fingerprint density at radius 3 is 2.41 bits per heavy atom. The lowest BCUT2D eigenvalue weighted by Crippen LogP contribution is -2.44. The standard InChI is InChI=1S/C23H29N7O3S/c1-23(2)20(32)27-21(34-23)28-22(33)30(12-11-29(3)4)14-15-9-10-18(25-13-15)19(31)26-17-8-6-5-7-16(17)24/h5-10,13H,11-12,14,24H2,1-4H3,(H,26,31)(H,27,28,32,33). The van der Waals surface area contributed by atoms with Crippen LogP contribution in [-0.4, -0.2) is 69.7 Å². The van der Waals surface area contributed by atoms with E-state index in [0.29, 0.717) is 29.6 Å². The molecule has 0 radical (unpaired) electrons. The SMILES string of the molecule is CN(C)CCN(Cc1ccc(C(=O)Nc2ccccc2N)nc1)C(=O)NC1=NC(=O)C(C)(C)S1. The van der Waals surface area contributed by atoms with E-state index < -0.39 is 4.75 Å². The molecule has 180 valence electrons. The van der Waals surface area contributed by atoms with E-state index in [1.54, 1.807) is 61.3 Å². The molecule has 1 aromatic carbocycles. The summed E-state index contributed by atoms with van der Waals surface area (Å²) < 4.78 is -0.693. The smallest absolute Gasteiger partial charge is 0.323 e. The fraction of sp³-hybridized carbons (Fsp3) is 0.348.